The van der Waals surface area contributed by atoms with Gasteiger partial charge in [0.1, 0.15) is 12.0 Å². The second-order valence-corrected chi connectivity index (χ2v) is 4.49. The summed E-state index contributed by atoms with van der Waals surface area (Å²) in [4.78, 5) is 13.5. The smallest absolute Gasteiger partial charge is 0.240 e. The predicted molar refractivity (Wildman–Crippen MR) is 57.2 cm³/mol. The lowest BCUT2D eigenvalue weighted by atomic mass is 10.3. The molecule has 1 fully saturated rings. The first kappa shape index (κ1) is 10.5. The molecule has 2 rings (SSSR count). The van der Waals surface area contributed by atoms with Crippen LogP contribution in [0.25, 0.3) is 0 Å². The monoisotopic (exact) mass is 227 g/mol. The van der Waals surface area contributed by atoms with Gasteiger partial charge in [0.2, 0.25) is 5.91 Å². The van der Waals surface area contributed by atoms with Crippen LogP contribution in [0.5, 0.6) is 0 Å². The highest BCUT2D eigenvalue weighted by atomic mass is 32.2. The Kier molecular flexibility index (Phi) is 3.27. The topological polar surface area (TPSA) is 58.4 Å². The first-order valence-corrected chi connectivity index (χ1v) is 5.88. The largest absolute Gasteiger partial charge is 0.364 e. The third kappa shape index (κ3) is 2.51. The Balaban J connectivity index is 1.89. The number of thioether (sulfide) groups is 1. The number of carbonyl (C=O) groups is 1. The number of hydrogen-bond donors (Lipinski definition) is 1. The number of nitrogens with one attached hydrogen (secondary N) is 1. The van der Waals surface area contributed by atoms with Crippen LogP contribution in [0.2, 0.25) is 0 Å². The summed E-state index contributed by atoms with van der Waals surface area (Å²) in [6.45, 7) is 0.498. The normalized spacial score (nSPS) is 20.5. The van der Waals surface area contributed by atoms with Crippen molar-refractivity contribution < 1.29 is 9.32 Å². The van der Waals surface area contributed by atoms with E-state index in [2.05, 4.69) is 10.5 Å². The molecule has 1 atom stereocenters. The first-order chi connectivity index (χ1) is 7.27. The lowest BCUT2D eigenvalue weighted by Gasteiger charge is -2.19. The molecule has 2 heterocycles. The van der Waals surface area contributed by atoms with Gasteiger partial charge in [-0.25, -0.2) is 0 Å². The molecule has 5 nitrogen and oxygen atoms in total. The molecule has 1 amide bonds. The third-order valence-corrected chi connectivity index (χ3v) is 3.22. The molecule has 15 heavy (non-hydrogen) atoms. The van der Waals surface area contributed by atoms with Crippen LogP contribution in [-0.4, -0.2) is 40.7 Å². The molecule has 0 aromatic carbocycles. The molecule has 0 spiro atoms. The molecule has 0 bridgehead atoms. The summed E-state index contributed by atoms with van der Waals surface area (Å²) in [7, 11) is 1.78. The highest BCUT2D eigenvalue weighted by Crippen LogP contribution is 2.12. The number of rotatable bonds is 3. The van der Waals surface area contributed by atoms with Gasteiger partial charge in [-0.1, -0.05) is 5.16 Å². The number of carbonyl (C=O) groups excluding carboxylic acids is 1. The van der Waals surface area contributed by atoms with Crippen molar-refractivity contribution in [1.29, 1.82) is 0 Å². The molecule has 0 radical (unpaired) electrons. The summed E-state index contributed by atoms with van der Waals surface area (Å²) in [5, 5.41) is 6.92. The van der Waals surface area contributed by atoms with E-state index in [1.807, 2.05) is 0 Å². The Morgan fingerprint density at radius 3 is 3.33 bits per heavy atom. The van der Waals surface area contributed by atoms with E-state index < -0.39 is 0 Å². The minimum Gasteiger partial charge on any atom is -0.364 e. The Labute approximate surface area is 92.2 Å². The van der Waals surface area contributed by atoms with Gasteiger partial charge in [-0.15, -0.1) is 11.8 Å². The molecule has 1 unspecified atom stereocenters. The fraction of sp³-hybridized carbons (Fsp3) is 0.556. The van der Waals surface area contributed by atoms with Crippen molar-refractivity contribution in [2.24, 2.45) is 0 Å². The summed E-state index contributed by atoms with van der Waals surface area (Å²) < 4.78 is 4.71. The summed E-state index contributed by atoms with van der Waals surface area (Å²) in [5.74, 6) is 1.82. The Morgan fingerprint density at radius 2 is 2.73 bits per heavy atom. The van der Waals surface area contributed by atoms with E-state index >= 15 is 0 Å². The summed E-state index contributed by atoms with van der Waals surface area (Å²) in [5.41, 5.74) is 0.775. The quantitative estimate of drug-likeness (QED) is 0.804. The number of amides is 1. The average Bonchev–Trinajstić information content (AvgIpc) is 2.88. The highest BCUT2D eigenvalue weighted by molar-refractivity contribution is 7.99. The first-order valence-electron chi connectivity index (χ1n) is 4.73. The number of aromatic nitrogens is 1. The maximum absolute atomic E-state index is 11.9. The molecule has 1 aliphatic rings. The average molecular weight is 227 g/mol. The lowest BCUT2D eigenvalue weighted by Crippen LogP contribution is -2.42. The minimum atomic E-state index is -0.0492. The second kappa shape index (κ2) is 4.67. The maximum atomic E-state index is 11.9. The highest BCUT2D eigenvalue weighted by Gasteiger charge is 2.25. The Morgan fingerprint density at radius 1 is 1.87 bits per heavy atom. The maximum Gasteiger partial charge on any atom is 0.240 e. The molecule has 1 aliphatic heterocycles. The van der Waals surface area contributed by atoms with Gasteiger partial charge >= 0.3 is 0 Å². The van der Waals surface area contributed by atoms with E-state index in [-0.39, 0.29) is 11.9 Å². The van der Waals surface area contributed by atoms with Crippen molar-refractivity contribution in [2.45, 2.75) is 12.6 Å². The molecule has 1 N–H and O–H groups in total. The van der Waals surface area contributed by atoms with Crippen molar-refractivity contribution in [1.82, 2.24) is 15.4 Å². The van der Waals surface area contributed by atoms with Gasteiger partial charge in [-0.3, -0.25) is 10.1 Å². The molecular weight excluding hydrogens is 214 g/mol. The molecular formula is C9H13N3O2S. The van der Waals surface area contributed by atoms with Crippen LogP contribution in [0.4, 0.5) is 0 Å². The van der Waals surface area contributed by atoms with Crippen molar-refractivity contribution in [3.63, 3.8) is 0 Å². The molecule has 1 aromatic heterocycles. The number of likely N-dealkylation sites (N-methyl/N-ethyl adjacent to an activating group) is 1. The fourth-order valence-electron chi connectivity index (χ4n) is 1.46. The van der Waals surface area contributed by atoms with E-state index in [4.69, 9.17) is 4.52 Å². The molecule has 0 saturated carbocycles. The van der Waals surface area contributed by atoms with Gasteiger partial charge in [0.15, 0.2) is 0 Å². The summed E-state index contributed by atoms with van der Waals surface area (Å²) >= 11 is 1.74. The standard InChI is InChI=1S/C9H13N3O2S/c1-12(4-7-2-3-14-11-7)9(13)8-5-15-6-10-8/h2-3,8,10H,4-6H2,1H3. The van der Waals surface area contributed by atoms with E-state index in [0.717, 1.165) is 17.3 Å². The van der Waals surface area contributed by atoms with Crippen LogP contribution in [0.15, 0.2) is 16.9 Å². The van der Waals surface area contributed by atoms with Crippen LogP contribution in [0.1, 0.15) is 5.69 Å². The number of nitrogens with zero attached hydrogens (tertiary/aromatic N) is 2. The van der Waals surface area contributed by atoms with Crippen LogP contribution in [0, 0.1) is 0 Å². The summed E-state index contributed by atoms with van der Waals surface area (Å²) in [6, 6.07) is 1.72. The van der Waals surface area contributed by atoms with Gasteiger partial charge in [-0.05, 0) is 0 Å². The fourth-order valence-corrected chi connectivity index (χ4v) is 2.39. The predicted octanol–water partition coefficient (Wildman–Crippen LogP) is 0.295. The van der Waals surface area contributed by atoms with E-state index in [1.165, 1.54) is 6.26 Å². The van der Waals surface area contributed by atoms with Gasteiger partial charge in [0, 0.05) is 24.7 Å². The lowest BCUT2D eigenvalue weighted by molar-refractivity contribution is -0.131. The SMILES string of the molecule is CN(Cc1ccon1)C(=O)C1CSCN1. The zero-order valence-corrected chi connectivity index (χ0v) is 9.29. The van der Waals surface area contributed by atoms with Crippen molar-refractivity contribution >= 4 is 17.7 Å². The molecule has 1 saturated heterocycles. The molecule has 6 heteroatoms. The van der Waals surface area contributed by atoms with Gasteiger partial charge in [0.25, 0.3) is 0 Å². The van der Waals surface area contributed by atoms with Crippen LogP contribution < -0.4 is 5.32 Å². The summed E-state index contributed by atoms with van der Waals surface area (Å²) in [6.07, 6.45) is 1.51. The van der Waals surface area contributed by atoms with Crippen LogP contribution in [-0.2, 0) is 11.3 Å². The van der Waals surface area contributed by atoms with E-state index in [1.54, 1.807) is 29.8 Å². The van der Waals surface area contributed by atoms with Gasteiger partial charge in [-0.2, -0.15) is 0 Å². The van der Waals surface area contributed by atoms with Crippen molar-refractivity contribution in [3.05, 3.63) is 18.0 Å². The number of hydrogen-bond acceptors (Lipinski definition) is 5. The molecule has 82 valence electrons. The molecule has 1 aromatic rings. The van der Waals surface area contributed by atoms with Crippen LogP contribution >= 0.6 is 11.8 Å². The second-order valence-electron chi connectivity index (χ2n) is 3.46. The zero-order valence-electron chi connectivity index (χ0n) is 8.47. The van der Waals surface area contributed by atoms with Crippen molar-refractivity contribution in [3.8, 4) is 0 Å². The van der Waals surface area contributed by atoms with E-state index in [9.17, 15) is 4.79 Å². The van der Waals surface area contributed by atoms with Gasteiger partial charge in [0.05, 0.1) is 12.6 Å². The van der Waals surface area contributed by atoms with Gasteiger partial charge < -0.3 is 9.42 Å². The van der Waals surface area contributed by atoms with E-state index in [0.29, 0.717) is 6.54 Å². The Bertz CT molecular complexity index is 322. The third-order valence-electron chi connectivity index (χ3n) is 2.28. The van der Waals surface area contributed by atoms with Crippen LogP contribution in [0.3, 0.4) is 0 Å². The molecule has 0 aliphatic carbocycles. The van der Waals surface area contributed by atoms with Crippen molar-refractivity contribution in [2.75, 3.05) is 18.7 Å². The minimum absolute atomic E-state index is 0.0492. The Hall–Kier alpha value is -1.01. The zero-order chi connectivity index (χ0) is 10.7.